The predicted octanol–water partition coefficient (Wildman–Crippen LogP) is 3.54. The molecule has 0 spiro atoms. The van der Waals surface area contributed by atoms with Crippen molar-refractivity contribution in [2.24, 2.45) is 0 Å². The van der Waals surface area contributed by atoms with E-state index in [4.69, 9.17) is 9.84 Å². The molecule has 0 rings (SSSR count). The monoisotopic (exact) mass is 323 g/mol. The summed E-state index contributed by atoms with van der Waals surface area (Å²) in [6.07, 6.45) is 2.79. The number of carbonyl (C=O) groups excluding carboxylic acids is 1. The lowest BCUT2D eigenvalue weighted by Crippen LogP contribution is -2.44. The summed E-state index contributed by atoms with van der Waals surface area (Å²) in [5, 5.41) is 11.4. The molecule has 0 fully saturated rings. The van der Waals surface area contributed by atoms with Crippen LogP contribution in [0.1, 0.15) is 47.0 Å². The van der Waals surface area contributed by atoms with Crippen molar-refractivity contribution < 1.29 is 19.4 Å². The summed E-state index contributed by atoms with van der Waals surface area (Å²) in [6.45, 7) is 7.35. The van der Waals surface area contributed by atoms with Gasteiger partial charge in [0.15, 0.2) is 0 Å². The molecule has 20 heavy (non-hydrogen) atoms. The van der Waals surface area contributed by atoms with Crippen LogP contribution in [0.3, 0.4) is 0 Å². The maximum Gasteiger partial charge on any atom is 0.408 e. The van der Waals surface area contributed by atoms with Gasteiger partial charge in [-0.3, -0.25) is 0 Å². The third kappa shape index (κ3) is 11.3. The van der Waals surface area contributed by atoms with E-state index in [0.717, 1.165) is 12.2 Å². The second kappa shape index (κ2) is 10.2. The summed E-state index contributed by atoms with van der Waals surface area (Å²) in [5.74, 6) is 0.278. The van der Waals surface area contributed by atoms with Gasteiger partial charge in [0, 0.05) is 11.5 Å². The maximum atomic E-state index is 11.5. The minimum absolute atomic E-state index is 0.325. The van der Waals surface area contributed by atoms with Crippen molar-refractivity contribution in [1.29, 1.82) is 0 Å². The van der Waals surface area contributed by atoms with Gasteiger partial charge in [-0.05, 0) is 27.2 Å². The standard InChI is InChI=1S/C13H25NO4S2/c1-5-6-7-8-19-20-9-10(11(15)16)14-12(17)18-13(2,3)4/h10H,5-9H2,1-4H3,(H,14,17)(H,15,16)/t10-/m0/s1. The average Bonchev–Trinajstić information content (AvgIpc) is 2.29. The zero-order valence-electron chi connectivity index (χ0n) is 12.6. The van der Waals surface area contributed by atoms with E-state index in [1.807, 2.05) is 0 Å². The lowest BCUT2D eigenvalue weighted by atomic mass is 10.2. The molecule has 0 aromatic rings. The fourth-order valence-electron chi connectivity index (χ4n) is 1.21. The van der Waals surface area contributed by atoms with E-state index < -0.39 is 23.7 Å². The maximum absolute atomic E-state index is 11.5. The fourth-order valence-corrected chi connectivity index (χ4v) is 3.51. The number of carboxylic acid groups (broad SMARTS) is 1. The van der Waals surface area contributed by atoms with Gasteiger partial charge >= 0.3 is 12.1 Å². The van der Waals surface area contributed by atoms with E-state index in [1.54, 1.807) is 31.6 Å². The highest BCUT2D eigenvalue weighted by Gasteiger charge is 2.23. The molecule has 1 amide bonds. The Morgan fingerprint density at radius 3 is 2.40 bits per heavy atom. The Kier molecular flexibility index (Phi) is 9.92. The number of alkyl carbamates (subject to hydrolysis) is 1. The largest absolute Gasteiger partial charge is 0.480 e. The number of aliphatic carboxylic acids is 1. The van der Waals surface area contributed by atoms with E-state index >= 15 is 0 Å². The van der Waals surface area contributed by atoms with E-state index in [1.165, 1.54) is 23.6 Å². The highest BCUT2D eigenvalue weighted by molar-refractivity contribution is 8.76. The lowest BCUT2D eigenvalue weighted by Gasteiger charge is -2.21. The third-order valence-electron chi connectivity index (χ3n) is 2.14. The van der Waals surface area contributed by atoms with Gasteiger partial charge in [-0.2, -0.15) is 0 Å². The molecule has 0 radical (unpaired) electrons. The number of ether oxygens (including phenoxy) is 1. The summed E-state index contributed by atoms with van der Waals surface area (Å²) in [5.41, 5.74) is -0.630. The van der Waals surface area contributed by atoms with Gasteiger partial charge in [-0.15, -0.1) is 0 Å². The first-order chi connectivity index (χ1) is 9.26. The Balaban J connectivity index is 3.99. The number of amides is 1. The molecule has 0 heterocycles. The van der Waals surface area contributed by atoms with Crippen molar-refractivity contribution >= 4 is 33.7 Å². The van der Waals surface area contributed by atoms with Crippen LogP contribution in [-0.4, -0.2) is 40.3 Å². The molecule has 118 valence electrons. The van der Waals surface area contributed by atoms with Crippen LogP contribution in [0.2, 0.25) is 0 Å². The Hall–Kier alpha value is -0.560. The molecule has 7 heteroatoms. The summed E-state index contributed by atoms with van der Waals surface area (Å²) < 4.78 is 5.05. The Morgan fingerprint density at radius 2 is 1.90 bits per heavy atom. The van der Waals surface area contributed by atoms with E-state index in [9.17, 15) is 9.59 Å². The second-order valence-corrected chi connectivity index (χ2v) is 7.98. The molecule has 2 N–H and O–H groups in total. The molecule has 0 bridgehead atoms. The Bertz CT molecular complexity index is 305. The second-order valence-electron chi connectivity index (χ2n) is 5.35. The molecule has 0 aromatic carbocycles. The third-order valence-corrected chi connectivity index (χ3v) is 4.64. The average molecular weight is 323 g/mol. The topological polar surface area (TPSA) is 75.6 Å². The predicted molar refractivity (Wildman–Crippen MR) is 85.2 cm³/mol. The fraction of sp³-hybridized carbons (Fsp3) is 0.846. The molecular formula is C13H25NO4S2. The zero-order valence-corrected chi connectivity index (χ0v) is 14.2. The van der Waals surface area contributed by atoms with Crippen molar-refractivity contribution in [3.8, 4) is 0 Å². The SMILES string of the molecule is CCCCCSSC[C@H](NC(=O)OC(C)(C)C)C(=O)O. The van der Waals surface area contributed by atoms with Crippen molar-refractivity contribution in [2.45, 2.75) is 58.6 Å². The first-order valence-electron chi connectivity index (χ1n) is 6.73. The van der Waals surface area contributed by atoms with Gasteiger partial charge in [0.25, 0.3) is 0 Å². The highest BCUT2D eigenvalue weighted by Crippen LogP contribution is 2.23. The smallest absolute Gasteiger partial charge is 0.408 e. The lowest BCUT2D eigenvalue weighted by molar-refractivity contribution is -0.138. The van der Waals surface area contributed by atoms with Gasteiger partial charge in [0.2, 0.25) is 0 Å². The quantitative estimate of drug-likeness (QED) is 0.499. The number of unbranched alkanes of at least 4 members (excludes halogenated alkanes) is 2. The van der Waals surface area contributed by atoms with Crippen LogP contribution in [0.4, 0.5) is 4.79 Å². The van der Waals surface area contributed by atoms with Crippen LogP contribution in [-0.2, 0) is 9.53 Å². The summed E-state index contributed by atoms with van der Waals surface area (Å²) in [6, 6.07) is -0.923. The number of hydrogen-bond donors (Lipinski definition) is 2. The Morgan fingerprint density at radius 1 is 1.25 bits per heavy atom. The molecule has 0 unspecified atom stereocenters. The van der Waals surface area contributed by atoms with Crippen LogP contribution in [0.15, 0.2) is 0 Å². The van der Waals surface area contributed by atoms with Crippen molar-refractivity contribution in [3.63, 3.8) is 0 Å². The molecule has 5 nitrogen and oxygen atoms in total. The molecular weight excluding hydrogens is 298 g/mol. The summed E-state index contributed by atoms with van der Waals surface area (Å²) >= 11 is 0. The van der Waals surface area contributed by atoms with Crippen LogP contribution in [0, 0.1) is 0 Å². The van der Waals surface area contributed by atoms with Crippen molar-refractivity contribution in [3.05, 3.63) is 0 Å². The van der Waals surface area contributed by atoms with E-state index in [-0.39, 0.29) is 0 Å². The molecule has 0 saturated carbocycles. The first kappa shape index (κ1) is 19.4. The highest BCUT2D eigenvalue weighted by atomic mass is 33.1. The molecule has 0 aliphatic rings. The van der Waals surface area contributed by atoms with Gasteiger partial charge in [-0.25, -0.2) is 9.59 Å². The van der Waals surface area contributed by atoms with Crippen LogP contribution >= 0.6 is 21.6 Å². The number of carboxylic acids is 1. The Labute approximate surface area is 129 Å². The molecule has 1 atom stereocenters. The number of rotatable bonds is 9. The van der Waals surface area contributed by atoms with Crippen LogP contribution in [0.5, 0.6) is 0 Å². The number of hydrogen-bond acceptors (Lipinski definition) is 5. The molecule has 0 aliphatic heterocycles. The first-order valence-corrected chi connectivity index (χ1v) is 9.21. The zero-order chi connectivity index (χ0) is 15.6. The van der Waals surface area contributed by atoms with E-state index in [0.29, 0.717) is 5.75 Å². The molecule has 0 saturated heterocycles. The van der Waals surface area contributed by atoms with Crippen molar-refractivity contribution in [1.82, 2.24) is 5.32 Å². The van der Waals surface area contributed by atoms with Gasteiger partial charge in [0.1, 0.15) is 11.6 Å². The summed E-state index contributed by atoms with van der Waals surface area (Å²) in [7, 11) is 3.11. The van der Waals surface area contributed by atoms with Crippen molar-refractivity contribution in [2.75, 3.05) is 11.5 Å². The van der Waals surface area contributed by atoms with Gasteiger partial charge in [-0.1, -0.05) is 41.4 Å². The van der Waals surface area contributed by atoms with E-state index in [2.05, 4.69) is 12.2 Å². The van der Waals surface area contributed by atoms with Crippen LogP contribution in [0.25, 0.3) is 0 Å². The van der Waals surface area contributed by atoms with Crippen LogP contribution < -0.4 is 5.32 Å². The number of nitrogens with one attached hydrogen (secondary N) is 1. The molecule has 0 aromatic heterocycles. The normalized spacial score (nSPS) is 12.8. The summed E-state index contributed by atoms with van der Waals surface area (Å²) in [4.78, 5) is 22.6. The van der Waals surface area contributed by atoms with Gasteiger partial charge in [0.05, 0.1) is 0 Å². The van der Waals surface area contributed by atoms with Gasteiger partial charge < -0.3 is 15.2 Å². The molecule has 0 aliphatic carbocycles. The minimum atomic E-state index is -1.04. The number of carbonyl (C=O) groups is 2. The minimum Gasteiger partial charge on any atom is -0.480 e.